The summed E-state index contributed by atoms with van der Waals surface area (Å²) in [6.45, 7) is 12.3. The molecule has 1 amide bonds. The number of anilines is 1. The Bertz CT molecular complexity index is 699. The van der Waals surface area contributed by atoms with Gasteiger partial charge in [0.05, 0.1) is 11.5 Å². The maximum atomic E-state index is 12.4. The lowest BCUT2D eigenvalue weighted by Gasteiger charge is -2.24. The molecule has 1 atom stereocenters. The van der Waals surface area contributed by atoms with Crippen molar-refractivity contribution in [1.82, 2.24) is 15.1 Å². The van der Waals surface area contributed by atoms with Gasteiger partial charge in [0.2, 0.25) is 5.13 Å². The number of carbonyl (C=O) groups is 1. The zero-order valence-electron chi connectivity index (χ0n) is 15.9. The van der Waals surface area contributed by atoms with E-state index in [0.29, 0.717) is 16.1 Å². The molecule has 1 aromatic heterocycles. The lowest BCUT2D eigenvalue weighted by atomic mass is 10.2. The number of rotatable bonds is 9. The first kappa shape index (κ1) is 20.7. The van der Waals surface area contributed by atoms with E-state index in [1.54, 1.807) is 36.0 Å². The van der Waals surface area contributed by atoms with E-state index in [2.05, 4.69) is 41.2 Å². The summed E-state index contributed by atoms with van der Waals surface area (Å²) in [6.07, 6.45) is 0.103. The molecule has 0 saturated heterocycles. The van der Waals surface area contributed by atoms with Gasteiger partial charge in [0.15, 0.2) is 4.34 Å². The van der Waals surface area contributed by atoms with Crippen molar-refractivity contribution >= 4 is 34.1 Å². The van der Waals surface area contributed by atoms with Gasteiger partial charge in [-0.05, 0) is 58.1 Å². The van der Waals surface area contributed by atoms with E-state index in [9.17, 15) is 4.79 Å². The normalized spacial score (nSPS) is 12.4. The Kier molecular flexibility index (Phi) is 7.86. The van der Waals surface area contributed by atoms with Gasteiger partial charge < -0.3 is 4.74 Å². The number of aromatic nitrogens is 2. The number of hydrogen-bond acceptors (Lipinski definition) is 7. The molecule has 0 radical (unpaired) electrons. The van der Waals surface area contributed by atoms with Gasteiger partial charge in [-0.25, -0.2) is 0 Å². The van der Waals surface area contributed by atoms with Crippen LogP contribution >= 0.6 is 23.1 Å². The van der Waals surface area contributed by atoms with Crippen LogP contribution in [0.2, 0.25) is 0 Å². The highest BCUT2D eigenvalue weighted by molar-refractivity contribution is 8.01. The lowest BCUT2D eigenvalue weighted by Crippen LogP contribution is -2.30. The Hall–Kier alpha value is -1.64. The molecular weight excluding hydrogens is 368 g/mol. The van der Waals surface area contributed by atoms with Crippen LogP contribution in [-0.2, 0) is 0 Å². The topological polar surface area (TPSA) is 67.4 Å². The highest BCUT2D eigenvalue weighted by atomic mass is 32.2. The summed E-state index contributed by atoms with van der Waals surface area (Å²) >= 11 is 3.05. The molecule has 0 bridgehead atoms. The molecule has 0 spiro atoms. The molecular formula is C18H26N4O2S2. The summed E-state index contributed by atoms with van der Waals surface area (Å²) in [6, 6.07) is 7.07. The molecule has 1 N–H and O–H groups in total. The second kappa shape index (κ2) is 9.89. The van der Waals surface area contributed by atoms with Crippen LogP contribution in [0.3, 0.4) is 0 Å². The standard InChI is InChI=1S/C18H26N4O2S2/c1-6-22(7-2)13(5)25-18-21-20-17(26-18)19-16(23)14-8-10-15(11-9-14)24-12(3)4/h8-13H,6-7H2,1-5H3,(H,19,20,23). The van der Waals surface area contributed by atoms with Crippen molar-refractivity contribution in [3.8, 4) is 5.75 Å². The maximum absolute atomic E-state index is 12.4. The largest absolute Gasteiger partial charge is 0.491 e. The van der Waals surface area contributed by atoms with Crippen LogP contribution in [0, 0.1) is 0 Å². The number of hydrogen-bond donors (Lipinski definition) is 1. The monoisotopic (exact) mass is 394 g/mol. The van der Waals surface area contributed by atoms with Crippen LogP contribution < -0.4 is 10.1 Å². The predicted octanol–water partition coefficient (Wildman–Crippen LogP) is 4.36. The van der Waals surface area contributed by atoms with E-state index in [1.807, 2.05) is 13.8 Å². The Morgan fingerprint density at radius 3 is 2.42 bits per heavy atom. The molecule has 0 aliphatic rings. The minimum absolute atomic E-state index is 0.103. The minimum atomic E-state index is -0.203. The fraction of sp³-hybridized carbons (Fsp3) is 0.500. The molecule has 1 aromatic carbocycles. The van der Waals surface area contributed by atoms with Crippen LogP contribution in [0.15, 0.2) is 28.6 Å². The van der Waals surface area contributed by atoms with Crippen molar-refractivity contribution in [1.29, 1.82) is 0 Å². The number of nitrogens with zero attached hydrogens (tertiary/aromatic N) is 3. The maximum Gasteiger partial charge on any atom is 0.257 e. The first-order chi connectivity index (χ1) is 12.4. The number of ether oxygens (including phenoxy) is 1. The second-order valence-corrected chi connectivity index (χ2v) is 8.50. The number of benzene rings is 1. The number of carbonyl (C=O) groups excluding carboxylic acids is 1. The summed E-state index contributed by atoms with van der Waals surface area (Å²) in [5, 5.41) is 11.9. The fourth-order valence-corrected chi connectivity index (χ4v) is 4.54. The van der Waals surface area contributed by atoms with Crippen LogP contribution in [0.1, 0.15) is 45.0 Å². The van der Waals surface area contributed by atoms with E-state index in [1.165, 1.54) is 11.3 Å². The highest BCUT2D eigenvalue weighted by Gasteiger charge is 2.16. The third-order valence-electron chi connectivity index (χ3n) is 3.71. The lowest BCUT2D eigenvalue weighted by molar-refractivity contribution is 0.102. The Labute approximate surface area is 163 Å². The third-order valence-corrected chi connectivity index (χ3v) is 5.81. The molecule has 2 aromatic rings. The van der Waals surface area contributed by atoms with E-state index in [0.717, 1.165) is 23.2 Å². The van der Waals surface area contributed by atoms with Gasteiger partial charge >= 0.3 is 0 Å². The number of amides is 1. The molecule has 142 valence electrons. The molecule has 2 rings (SSSR count). The average Bonchev–Trinajstić information content (AvgIpc) is 3.02. The molecule has 0 aliphatic carbocycles. The van der Waals surface area contributed by atoms with Gasteiger partial charge in [0, 0.05) is 5.56 Å². The van der Waals surface area contributed by atoms with Crippen molar-refractivity contribution < 1.29 is 9.53 Å². The van der Waals surface area contributed by atoms with Gasteiger partial charge in [-0.1, -0.05) is 36.9 Å². The van der Waals surface area contributed by atoms with Crippen molar-refractivity contribution in [2.45, 2.75) is 50.4 Å². The van der Waals surface area contributed by atoms with Crippen molar-refractivity contribution in [2.24, 2.45) is 0 Å². The molecule has 1 unspecified atom stereocenters. The van der Waals surface area contributed by atoms with Crippen molar-refractivity contribution in [3.05, 3.63) is 29.8 Å². The van der Waals surface area contributed by atoms with Crippen LogP contribution in [-0.4, -0.2) is 45.6 Å². The number of nitrogens with one attached hydrogen (secondary N) is 1. The summed E-state index contributed by atoms with van der Waals surface area (Å²) < 4.78 is 6.43. The van der Waals surface area contributed by atoms with E-state index < -0.39 is 0 Å². The van der Waals surface area contributed by atoms with Crippen molar-refractivity contribution in [3.63, 3.8) is 0 Å². The zero-order chi connectivity index (χ0) is 19.1. The molecule has 6 nitrogen and oxygen atoms in total. The Morgan fingerprint density at radius 1 is 1.19 bits per heavy atom. The molecule has 26 heavy (non-hydrogen) atoms. The number of thioether (sulfide) groups is 1. The molecule has 0 aliphatic heterocycles. The van der Waals surface area contributed by atoms with Crippen LogP contribution in [0.5, 0.6) is 5.75 Å². The van der Waals surface area contributed by atoms with E-state index in [4.69, 9.17) is 4.74 Å². The van der Waals surface area contributed by atoms with Crippen LogP contribution in [0.25, 0.3) is 0 Å². The summed E-state index contributed by atoms with van der Waals surface area (Å²) in [5.74, 6) is 0.544. The molecule has 1 heterocycles. The summed E-state index contributed by atoms with van der Waals surface area (Å²) in [5.41, 5.74) is 0.557. The second-order valence-electron chi connectivity index (χ2n) is 5.96. The average molecular weight is 395 g/mol. The van der Waals surface area contributed by atoms with Gasteiger partial charge in [0.25, 0.3) is 5.91 Å². The summed E-state index contributed by atoms with van der Waals surface area (Å²) in [4.78, 5) is 14.7. The predicted molar refractivity (Wildman–Crippen MR) is 108 cm³/mol. The van der Waals surface area contributed by atoms with Gasteiger partial charge in [0.1, 0.15) is 5.75 Å². The first-order valence-corrected chi connectivity index (χ1v) is 10.4. The summed E-state index contributed by atoms with van der Waals surface area (Å²) in [7, 11) is 0. The highest BCUT2D eigenvalue weighted by Crippen LogP contribution is 2.30. The first-order valence-electron chi connectivity index (χ1n) is 8.75. The SMILES string of the molecule is CCN(CC)C(C)Sc1nnc(NC(=O)c2ccc(OC(C)C)cc2)s1. The minimum Gasteiger partial charge on any atom is -0.491 e. The van der Waals surface area contributed by atoms with Gasteiger partial charge in [-0.2, -0.15) is 0 Å². The van der Waals surface area contributed by atoms with Crippen molar-refractivity contribution in [2.75, 3.05) is 18.4 Å². The fourth-order valence-electron chi connectivity index (χ4n) is 2.39. The quantitative estimate of drug-likeness (QED) is 0.387. The zero-order valence-corrected chi connectivity index (χ0v) is 17.5. The van der Waals surface area contributed by atoms with Gasteiger partial charge in [-0.15, -0.1) is 10.2 Å². The Morgan fingerprint density at radius 2 is 1.85 bits per heavy atom. The molecule has 8 heteroatoms. The van der Waals surface area contributed by atoms with E-state index >= 15 is 0 Å². The Balaban J connectivity index is 1.94. The smallest absolute Gasteiger partial charge is 0.257 e. The van der Waals surface area contributed by atoms with Crippen LogP contribution in [0.4, 0.5) is 5.13 Å². The van der Waals surface area contributed by atoms with Gasteiger partial charge in [-0.3, -0.25) is 15.0 Å². The van der Waals surface area contributed by atoms with E-state index in [-0.39, 0.29) is 12.0 Å². The molecule has 0 fully saturated rings. The third kappa shape index (κ3) is 5.96. The molecule has 0 saturated carbocycles.